The van der Waals surface area contributed by atoms with Gasteiger partial charge in [-0.1, -0.05) is 354 Å². The van der Waals surface area contributed by atoms with Crippen LogP contribution in [0.4, 0.5) is 0 Å². The molecule has 0 aromatic heterocycles. The van der Waals surface area contributed by atoms with Gasteiger partial charge in [-0.3, -0.25) is 9.36 Å². The number of nitrogens with one attached hydrogen (secondary N) is 1. The molecule has 9 heteroatoms. The van der Waals surface area contributed by atoms with Gasteiger partial charge < -0.3 is 28.8 Å². The minimum atomic E-state index is -4.57. The van der Waals surface area contributed by atoms with Crippen LogP contribution < -0.4 is 10.2 Å². The zero-order chi connectivity index (χ0) is 55.6. The van der Waals surface area contributed by atoms with Crippen LogP contribution in [-0.2, 0) is 18.4 Å². The van der Waals surface area contributed by atoms with Crippen LogP contribution in [-0.4, -0.2) is 68.5 Å². The lowest BCUT2D eigenvalue weighted by molar-refractivity contribution is -0.870. The number of carbonyl (C=O) groups excluding carboxylic acids is 1. The number of unbranched alkanes of at least 4 members (excludes halogenated alkanes) is 52. The number of phosphoric acid groups is 1. The van der Waals surface area contributed by atoms with Crippen molar-refractivity contribution in [3.63, 3.8) is 0 Å². The third-order valence-corrected chi connectivity index (χ3v) is 17.3. The number of aliphatic hydroxyl groups excluding tert-OH is 1. The minimum absolute atomic E-state index is 0.0169. The maximum Gasteiger partial charge on any atom is 0.268 e. The fraction of sp³-hybridized carbons (Fsp3) is 0.985. The van der Waals surface area contributed by atoms with E-state index in [0.29, 0.717) is 23.9 Å². The standard InChI is InChI=1S/C67H137N2O6P/c1-6-8-10-12-14-16-18-20-22-24-26-28-30-31-32-33-34-35-36-37-38-39-40-42-44-46-48-50-52-54-56-58-60-66(70)65(64-75-76(72,73)74-63-62-69(3,4)5)68-67(71)61-59-57-55-53-51-49-47-45-43-41-29-27-25-23-21-19-17-15-13-11-9-7-2/h65-66,70H,6-64H2,1-5H3,(H-,68,71,72,73). The number of aliphatic hydroxyl groups is 1. The number of nitrogens with zero attached hydrogens (tertiary/aromatic N) is 1. The van der Waals surface area contributed by atoms with E-state index in [4.69, 9.17) is 9.05 Å². The highest BCUT2D eigenvalue weighted by Crippen LogP contribution is 2.38. The second kappa shape index (κ2) is 59.1. The lowest BCUT2D eigenvalue weighted by Crippen LogP contribution is -2.46. The topological polar surface area (TPSA) is 108 Å². The van der Waals surface area contributed by atoms with Gasteiger partial charge in [0, 0.05) is 6.42 Å². The molecule has 3 unspecified atom stereocenters. The zero-order valence-electron chi connectivity index (χ0n) is 52.3. The fourth-order valence-electron chi connectivity index (χ4n) is 11.0. The molecule has 456 valence electrons. The van der Waals surface area contributed by atoms with Crippen LogP contribution >= 0.6 is 7.82 Å². The summed E-state index contributed by atoms with van der Waals surface area (Å²) in [4.78, 5) is 25.6. The summed E-state index contributed by atoms with van der Waals surface area (Å²) in [6.45, 7) is 4.80. The lowest BCUT2D eigenvalue weighted by atomic mass is 10.0. The Bertz CT molecular complexity index is 1200. The number of rotatable bonds is 65. The minimum Gasteiger partial charge on any atom is -0.756 e. The van der Waals surface area contributed by atoms with Gasteiger partial charge in [-0.15, -0.1) is 0 Å². The molecule has 0 spiro atoms. The first-order valence-electron chi connectivity index (χ1n) is 34.4. The summed E-state index contributed by atoms with van der Waals surface area (Å²) in [5.41, 5.74) is 0. The maximum atomic E-state index is 13.0. The van der Waals surface area contributed by atoms with E-state index in [1.165, 1.54) is 308 Å². The van der Waals surface area contributed by atoms with Gasteiger partial charge in [0.15, 0.2) is 0 Å². The van der Waals surface area contributed by atoms with Gasteiger partial charge >= 0.3 is 0 Å². The molecule has 0 rings (SSSR count). The number of carbonyl (C=O) groups is 1. The highest BCUT2D eigenvalue weighted by atomic mass is 31.2. The van der Waals surface area contributed by atoms with Crippen LogP contribution in [0.3, 0.4) is 0 Å². The van der Waals surface area contributed by atoms with Crippen LogP contribution in [0.25, 0.3) is 0 Å². The Kier molecular flexibility index (Phi) is 58.7. The van der Waals surface area contributed by atoms with Crippen molar-refractivity contribution in [2.45, 2.75) is 386 Å². The Morgan fingerprint density at radius 3 is 0.895 bits per heavy atom. The van der Waals surface area contributed by atoms with E-state index in [-0.39, 0.29) is 19.1 Å². The van der Waals surface area contributed by atoms with E-state index in [9.17, 15) is 19.4 Å². The first kappa shape index (κ1) is 75.5. The van der Waals surface area contributed by atoms with Crippen LogP contribution in [0.1, 0.15) is 373 Å². The highest BCUT2D eigenvalue weighted by Gasteiger charge is 2.24. The molecule has 8 nitrogen and oxygen atoms in total. The zero-order valence-corrected chi connectivity index (χ0v) is 53.2. The molecule has 0 aromatic carbocycles. The summed E-state index contributed by atoms with van der Waals surface area (Å²) in [5.74, 6) is -0.154. The van der Waals surface area contributed by atoms with Crippen molar-refractivity contribution in [1.82, 2.24) is 5.32 Å². The van der Waals surface area contributed by atoms with Crippen LogP contribution in [0.15, 0.2) is 0 Å². The molecular formula is C67H137N2O6P. The molecule has 76 heavy (non-hydrogen) atoms. The second-order valence-corrected chi connectivity index (χ2v) is 26.7. The Hall–Kier alpha value is -0.500. The van der Waals surface area contributed by atoms with Crippen molar-refractivity contribution in [2.75, 3.05) is 40.9 Å². The average Bonchev–Trinajstić information content (AvgIpc) is 3.38. The third kappa shape index (κ3) is 61.1. The average molecular weight is 1100 g/mol. The van der Waals surface area contributed by atoms with Crippen LogP contribution in [0.5, 0.6) is 0 Å². The summed E-state index contributed by atoms with van der Waals surface area (Å²) >= 11 is 0. The van der Waals surface area contributed by atoms with E-state index < -0.39 is 20.0 Å². The predicted molar refractivity (Wildman–Crippen MR) is 330 cm³/mol. The highest BCUT2D eigenvalue weighted by molar-refractivity contribution is 7.45. The number of amides is 1. The number of quaternary nitrogens is 1. The smallest absolute Gasteiger partial charge is 0.268 e. The molecule has 0 fully saturated rings. The molecule has 0 saturated carbocycles. The number of likely N-dealkylation sites (N-methyl/N-ethyl adjacent to an activating group) is 1. The molecule has 0 aromatic rings. The van der Waals surface area contributed by atoms with Gasteiger partial charge in [0.2, 0.25) is 5.91 Å². The van der Waals surface area contributed by atoms with E-state index in [0.717, 1.165) is 38.5 Å². The third-order valence-electron chi connectivity index (χ3n) is 16.3. The van der Waals surface area contributed by atoms with Gasteiger partial charge in [0.1, 0.15) is 13.2 Å². The number of hydrogen-bond acceptors (Lipinski definition) is 6. The molecule has 3 atom stereocenters. The summed E-state index contributed by atoms with van der Waals surface area (Å²) < 4.78 is 23.5. The van der Waals surface area contributed by atoms with E-state index >= 15 is 0 Å². The van der Waals surface area contributed by atoms with Crippen molar-refractivity contribution in [2.24, 2.45) is 0 Å². The van der Waals surface area contributed by atoms with Crippen molar-refractivity contribution in [3.8, 4) is 0 Å². The van der Waals surface area contributed by atoms with Crippen molar-refractivity contribution in [1.29, 1.82) is 0 Å². The summed E-state index contributed by atoms with van der Waals surface area (Å²) in [6, 6.07) is -0.796. The quantitative estimate of drug-likeness (QED) is 0.0357. The largest absolute Gasteiger partial charge is 0.756 e. The van der Waals surface area contributed by atoms with Crippen molar-refractivity contribution >= 4 is 13.7 Å². The number of hydrogen-bond donors (Lipinski definition) is 2. The summed E-state index contributed by atoms with van der Waals surface area (Å²) in [5, 5.41) is 14.1. The second-order valence-electron chi connectivity index (χ2n) is 25.3. The van der Waals surface area contributed by atoms with Crippen molar-refractivity contribution < 1.29 is 32.9 Å². The summed E-state index contributed by atoms with van der Waals surface area (Å²) in [7, 11) is 1.33. The van der Waals surface area contributed by atoms with E-state index in [1.54, 1.807) is 0 Å². The molecule has 0 bridgehead atoms. The molecule has 1 amide bonds. The number of phosphoric ester groups is 1. The SMILES string of the molecule is CCCCCCCCCCCCCCCCCCCCCCCCCCCCCCCCCCC(O)C(COP(=O)([O-])OCC[N+](C)(C)C)NC(=O)CCCCCCCCCCCCCCCCCCCCCCCC. The maximum absolute atomic E-state index is 13.0. The Labute approximate surface area is 476 Å². The first-order valence-corrected chi connectivity index (χ1v) is 35.8. The van der Waals surface area contributed by atoms with Gasteiger partial charge in [-0.25, -0.2) is 0 Å². The van der Waals surface area contributed by atoms with Gasteiger partial charge in [-0.05, 0) is 12.8 Å². The molecule has 0 aliphatic carbocycles. The van der Waals surface area contributed by atoms with Crippen LogP contribution in [0, 0.1) is 0 Å². The first-order chi connectivity index (χ1) is 37.0. The van der Waals surface area contributed by atoms with E-state index in [1.807, 2.05) is 21.1 Å². The Morgan fingerprint density at radius 1 is 0.408 bits per heavy atom. The Morgan fingerprint density at radius 2 is 0.645 bits per heavy atom. The fourth-order valence-corrected chi connectivity index (χ4v) is 11.7. The monoisotopic (exact) mass is 1100 g/mol. The predicted octanol–water partition coefficient (Wildman–Crippen LogP) is 20.9. The normalized spacial score (nSPS) is 13.6. The molecule has 0 saturated heterocycles. The molecule has 2 N–H and O–H groups in total. The van der Waals surface area contributed by atoms with Gasteiger partial charge in [0.05, 0.1) is 39.9 Å². The molecule has 0 aliphatic rings. The van der Waals surface area contributed by atoms with Gasteiger partial charge in [-0.2, -0.15) is 0 Å². The molecular weight excluding hydrogens is 960 g/mol. The Balaban J connectivity index is 3.98. The molecule has 0 radical (unpaired) electrons. The van der Waals surface area contributed by atoms with Gasteiger partial charge in [0.25, 0.3) is 7.82 Å². The molecule has 0 heterocycles. The van der Waals surface area contributed by atoms with Crippen LogP contribution in [0.2, 0.25) is 0 Å². The molecule has 0 aliphatic heterocycles. The van der Waals surface area contributed by atoms with Crippen molar-refractivity contribution in [3.05, 3.63) is 0 Å². The van der Waals surface area contributed by atoms with E-state index in [2.05, 4.69) is 19.2 Å². The lowest BCUT2D eigenvalue weighted by Gasteiger charge is -2.30. The summed E-state index contributed by atoms with van der Waals surface area (Å²) in [6.07, 6.45) is 73.2.